The van der Waals surface area contributed by atoms with E-state index in [1.54, 1.807) is 6.07 Å². The summed E-state index contributed by atoms with van der Waals surface area (Å²) < 4.78 is 19.6. The number of hydrogen-bond acceptors (Lipinski definition) is 3. The van der Waals surface area contributed by atoms with Crippen molar-refractivity contribution in [2.75, 3.05) is 24.5 Å². The molecule has 32 heavy (non-hydrogen) atoms. The Bertz CT molecular complexity index is 1170. The van der Waals surface area contributed by atoms with Crippen molar-refractivity contribution >= 4 is 22.3 Å². The number of rotatable bonds is 8. The number of halogens is 1. The van der Waals surface area contributed by atoms with Gasteiger partial charge in [0.1, 0.15) is 17.7 Å². The molecule has 0 aliphatic carbocycles. The molecule has 4 nitrogen and oxygen atoms in total. The van der Waals surface area contributed by atoms with Gasteiger partial charge in [0.05, 0.1) is 12.2 Å². The van der Waals surface area contributed by atoms with Gasteiger partial charge in [-0.05, 0) is 73.8 Å². The zero-order chi connectivity index (χ0) is 21.8. The maximum absolute atomic E-state index is 13.4. The van der Waals surface area contributed by atoms with Crippen LogP contribution in [0.1, 0.15) is 18.4 Å². The Hall–Kier alpha value is -3.31. The van der Waals surface area contributed by atoms with E-state index < -0.39 is 0 Å². The summed E-state index contributed by atoms with van der Waals surface area (Å²) in [6.07, 6.45) is 5.25. The summed E-state index contributed by atoms with van der Waals surface area (Å²) in [5.74, 6) is 0.735. The zero-order valence-electron chi connectivity index (χ0n) is 18.1. The van der Waals surface area contributed by atoms with Crippen LogP contribution >= 0.6 is 0 Å². The Kier molecular flexibility index (Phi) is 6.08. The minimum Gasteiger partial charge on any atom is -0.485 e. The lowest BCUT2D eigenvalue weighted by Gasteiger charge is -2.36. The van der Waals surface area contributed by atoms with Crippen LogP contribution in [0, 0.1) is 5.82 Å². The number of nitrogens with zero attached hydrogens (tertiary/aromatic N) is 1. The van der Waals surface area contributed by atoms with Gasteiger partial charge < -0.3 is 19.9 Å². The number of benzene rings is 3. The molecule has 0 radical (unpaired) electrons. The molecule has 1 aliphatic rings. The predicted octanol–water partition coefficient (Wildman–Crippen LogP) is 5.82. The number of nitrogens with one attached hydrogen (secondary N) is 2. The number of unbranched alkanes of at least 4 members (excludes halogenated alkanes) is 1. The number of para-hydroxylation sites is 3. The lowest BCUT2D eigenvalue weighted by atomic mass is 10.1. The Morgan fingerprint density at radius 1 is 1.00 bits per heavy atom. The molecule has 5 rings (SSSR count). The van der Waals surface area contributed by atoms with Crippen LogP contribution in [0.5, 0.6) is 5.75 Å². The lowest BCUT2D eigenvalue weighted by molar-refractivity contribution is 0.194. The molecule has 0 spiro atoms. The molecule has 4 aromatic rings. The van der Waals surface area contributed by atoms with E-state index >= 15 is 0 Å². The summed E-state index contributed by atoms with van der Waals surface area (Å²) in [5, 5.41) is 4.69. The second kappa shape index (κ2) is 9.45. The van der Waals surface area contributed by atoms with Gasteiger partial charge in [-0.25, -0.2) is 4.39 Å². The van der Waals surface area contributed by atoms with Crippen LogP contribution in [-0.2, 0) is 6.42 Å². The van der Waals surface area contributed by atoms with E-state index in [0.717, 1.165) is 61.2 Å². The average molecular weight is 430 g/mol. The number of hydrogen-bond donors (Lipinski definition) is 2. The summed E-state index contributed by atoms with van der Waals surface area (Å²) in [7, 11) is 0. The first kappa shape index (κ1) is 20.6. The van der Waals surface area contributed by atoms with Crippen LogP contribution in [0.25, 0.3) is 10.9 Å². The third-order valence-electron chi connectivity index (χ3n) is 6.05. The van der Waals surface area contributed by atoms with Crippen molar-refractivity contribution in [1.29, 1.82) is 0 Å². The van der Waals surface area contributed by atoms with Crippen molar-refractivity contribution in [2.45, 2.75) is 25.4 Å². The smallest absolute Gasteiger partial charge is 0.143 e. The van der Waals surface area contributed by atoms with E-state index in [1.807, 2.05) is 30.5 Å². The van der Waals surface area contributed by atoms with Crippen LogP contribution in [0.2, 0.25) is 0 Å². The third-order valence-corrected chi connectivity index (χ3v) is 6.05. The zero-order valence-corrected chi connectivity index (χ0v) is 18.1. The van der Waals surface area contributed by atoms with Crippen molar-refractivity contribution in [3.8, 4) is 5.75 Å². The van der Waals surface area contributed by atoms with Crippen LogP contribution in [0.15, 0.2) is 79.0 Å². The minimum absolute atomic E-state index is 0.0913. The van der Waals surface area contributed by atoms with Gasteiger partial charge in [0.15, 0.2) is 0 Å². The first-order valence-corrected chi connectivity index (χ1v) is 11.3. The van der Waals surface area contributed by atoms with Gasteiger partial charge in [-0.3, -0.25) is 0 Å². The Labute approximate surface area is 188 Å². The van der Waals surface area contributed by atoms with Gasteiger partial charge in [0, 0.05) is 29.3 Å². The highest BCUT2D eigenvalue weighted by molar-refractivity contribution is 5.83. The molecule has 0 fully saturated rings. The van der Waals surface area contributed by atoms with Crippen molar-refractivity contribution in [2.24, 2.45) is 0 Å². The maximum Gasteiger partial charge on any atom is 0.143 e. The van der Waals surface area contributed by atoms with Gasteiger partial charge >= 0.3 is 0 Å². The number of ether oxygens (including phenoxy) is 1. The molecule has 0 bridgehead atoms. The van der Waals surface area contributed by atoms with Crippen LogP contribution in [-0.4, -0.2) is 30.7 Å². The normalized spacial score (nSPS) is 15.5. The van der Waals surface area contributed by atoms with E-state index in [4.69, 9.17) is 4.74 Å². The summed E-state index contributed by atoms with van der Waals surface area (Å²) in [5.41, 5.74) is 4.43. The molecule has 1 aromatic heterocycles. The average Bonchev–Trinajstić information content (AvgIpc) is 3.23. The fraction of sp³-hybridized carbons (Fsp3) is 0.259. The highest BCUT2D eigenvalue weighted by Crippen LogP contribution is 2.37. The number of anilines is 2. The molecule has 5 heteroatoms. The largest absolute Gasteiger partial charge is 0.485 e. The van der Waals surface area contributed by atoms with Gasteiger partial charge in [0.25, 0.3) is 0 Å². The molecule has 1 unspecified atom stereocenters. The molecule has 2 N–H and O–H groups in total. The first-order chi connectivity index (χ1) is 15.8. The molecule has 0 amide bonds. The number of H-pyrrole nitrogens is 1. The fourth-order valence-corrected chi connectivity index (χ4v) is 4.45. The van der Waals surface area contributed by atoms with Crippen LogP contribution in [0.4, 0.5) is 15.8 Å². The van der Waals surface area contributed by atoms with E-state index in [0.29, 0.717) is 0 Å². The standard InChI is InChI=1S/C27H28FN3O/c28-21-13-14-24-20(17-30-25(24)16-21)8-6-7-15-29-18-23-19-31(22-9-2-1-3-10-22)26-11-4-5-12-27(26)32-23/h1-5,9-14,16-17,23,29-30H,6-8,15,18-19H2. The van der Waals surface area contributed by atoms with Gasteiger partial charge in [-0.15, -0.1) is 0 Å². The van der Waals surface area contributed by atoms with Gasteiger partial charge in [0.2, 0.25) is 0 Å². The number of fused-ring (bicyclic) bond motifs is 2. The van der Waals surface area contributed by atoms with E-state index in [-0.39, 0.29) is 11.9 Å². The van der Waals surface area contributed by atoms with E-state index in [9.17, 15) is 4.39 Å². The molecular weight excluding hydrogens is 401 g/mol. The second-order valence-corrected chi connectivity index (χ2v) is 8.32. The van der Waals surface area contributed by atoms with Crippen molar-refractivity contribution in [3.63, 3.8) is 0 Å². The highest BCUT2D eigenvalue weighted by Gasteiger charge is 2.26. The lowest BCUT2D eigenvalue weighted by Crippen LogP contribution is -2.43. The molecule has 0 saturated heterocycles. The van der Waals surface area contributed by atoms with Gasteiger partial charge in [-0.1, -0.05) is 30.3 Å². The Morgan fingerprint density at radius 2 is 1.84 bits per heavy atom. The topological polar surface area (TPSA) is 40.3 Å². The van der Waals surface area contributed by atoms with Crippen molar-refractivity contribution < 1.29 is 9.13 Å². The summed E-state index contributed by atoms with van der Waals surface area (Å²) >= 11 is 0. The molecule has 0 saturated carbocycles. The molecule has 1 atom stereocenters. The summed E-state index contributed by atoms with van der Waals surface area (Å²) in [4.78, 5) is 5.51. The van der Waals surface area contributed by atoms with Crippen molar-refractivity contribution in [1.82, 2.24) is 10.3 Å². The molecule has 1 aliphatic heterocycles. The minimum atomic E-state index is -0.200. The Morgan fingerprint density at radius 3 is 2.75 bits per heavy atom. The molecule has 2 heterocycles. The number of aromatic nitrogens is 1. The monoisotopic (exact) mass is 429 g/mol. The maximum atomic E-state index is 13.4. The SMILES string of the molecule is Fc1ccc2c(CCCCNCC3CN(c4ccccc4)c4ccccc4O3)c[nH]c2c1. The molecule has 164 valence electrons. The first-order valence-electron chi connectivity index (χ1n) is 11.3. The summed E-state index contributed by atoms with van der Waals surface area (Å²) in [6, 6.07) is 23.7. The van der Waals surface area contributed by atoms with Crippen molar-refractivity contribution in [3.05, 3.63) is 90.4 Å². The second-order valence-electron chi connectivity index (χ2n) is 8.32. The molecule has 3 aromatic carbocycles. The molecular formula is C27H28FN3O. The Balaban J connectivity index is 1.12. The summed E-state index contributed by atoms with van der Waals surface area (Å²) in [6.45, 7) is 2.58. The number of aromatic amines is 1. The van der Waals surface area contributed by atoms with E-state index in [1.165, 1.54) is 17.3 Å². The highest BCUT2D eigenvalue weighted by atomic mass is 19.1. The predicted molar refractivity (Wildman–Crippen MR) is 128 cm³/mol. The van der Waals surface area contributed by atoms with E-state index in [2.05, 4.69) is 51.6 Å². The van der Waals surface area contributed by atoms with Gasteiger partial charge in [-0.2, -0.15) is 0 Å². The number of aryl methyl sites for hydroxylation is 1. The van der Waals surface area contributed by atoms with Crippen LogP contribution in [0.3, 0.4) is 0 Å². The quantitative estimate of drug-likeness (QED) is 0.347. The van der Waals surface area contributed by atoms with Crippen LogP contribution < -0.4 is 15.0 Å². The fourth-order valence-electron chi connectivity index (χ4n) is 4.45. The third kappa shape index (κ3) is 4.48.